The Morgan fingerprint density at radius 1 is 0.743 bits per heavy atom. The summed E-state index contributed by atoms with van der Waals surface area (Å²) in [5.41, 5.74) is 3.36. The summed E-state index contributed by atoms with van der Waals surface area (Å²) in [6.45, 7) is 3.04. The number of likely N-dealkylation sites (tertiary alicyclic amines) is 1. The molecule has 4 rings (SSSR count). The largest absolute Gasteiger partial charge is 0.348 e. The van der Waals surface area contributed by atoms with Crippen LogP contribution in [0, 0.1) is 18.8 Å². The van der Waals surface area contributed by atoms with Gasteiger partial charge >= 0.3 is 0 Å². The second kappa shape index (κ2) is 10.8. The number of carbonyl (C=O) groups excluding carboxylic acids is 3. The van der Waals surface area contributed by atoms with Gasteiger partial charge in [0.15, 0.2) is 11.6 Å². The zero-order chi connectivity index (χ0) is 24.9. The van der Waals surface area contributed by atoms with Crippen molar-refractivity contribution in [3.8, 4) is 0 Å². The fourth-order valence-corrected chi connectivity index (χ4v) is 4.98. The van der Waals surface area contributed by atoms with Crippen LogP contribution < -0.4 is 0 Å². The van der Waals surface area contributed by atoms with Crippen LogP contribution in [0.1, 0.15) is 37.8 Å². The lowest BCUT2D eigenvalue weighted by Crippen LogP contribution is -2.52. The number of likely N-dealkylation sites (N-methyl/N-ethyl adjacent to an activating group) is 1. The van der Waals surface area contributed by atoms with Gasteiger partial charge in [-0.3, -0.25) is 19.3 Å². The van der Waals surface area contributed by atoms with Crippen molar-refractivity contribution in [1.29, 1.82) is 0 Å². The van der Waals surface area contributed by atoms with Crippen molar-refractivity contribution in [3.05, 3.63) is 107 Å². The average molecular weight is 469 g/mol. The summed E-state index contributed by atoms with van der Waals surface area (Å²) in [6, 6.07) is 26.7. The molecule has 0 radical (unpaired) electrons. The fraction of sp³-hybridized carbons (Fsp3) is 0.300. The first-order valence-corrected chi connectivity index (χ1v) is 12.0. The summed E-state index contributed by atoms with van der Waals surface area (Å²) >= 11 is 0. The van der Waals surface area contributed by atoms with E-state index in [4.69, 9.17) is 0 Å². The number of hydrogen-bond acceptors (Lipinski definition) is 4. The molecule has 1 amide bonds. The van der Waals surface area contributed by atoms with Gasteiger partial charge in [0.1, 0.15) is 0 Å². The lowest BCUT2D eigenvalue weighted by atomic mass is 9.68. The number of benzene rings is 3. The smallest absolute Gasteiger partial charge is 0.236 e. The van der Waals surface area contributed by atoms with Crippen LogP contribution in [-0.4, -0.2) is 61.0 Å². The minimum atomic E-state index is -0.457. The first kappa shape index (κ1) is 24.6. The summed E-state index contributed by atoms with van der Waals surface area (Å²) in [6.07, 6.45) is 0. The SMILES string of the molecule is Cc1ccc(C2[C@@H](C(=O)c3ccccc3)CN(CC(=O)N(C)C)C[C@@H]2C(=O)c2ccccc2)cc1. The first-order chi connectivity index (χ1) is 16.8. The quantitative estimate of drug-likeness (QED) is 0.480. The number of ketones is 2. The van der Waals surface area contributed by atoms with E-state index in [1.807, 2.05) is 96.8 Å². The number of nitrogens with zero attached hydrogens (tertiary/aromatic N) is 2. The number of Topliss-reactive ketones (excluding diaryl/α,β-unsaturated/α-hetero) is 2. The maximum atomic E-state index is 13.9. The highest BCUT2D eigenvalue weighted by Crippen LogP contribution is 2.41. The molecule has 1 fully saturated rings. The van der Waals surface area contributed by atoms with E-state index in [0.717, 1.165) is 11.1 Å². The van der Waals surface area contributed by atoms with Crippen molar-refractivity contribution in [2.75, 3.05) is 33.7 Å². The van der Waals surface area contributed by atoms with Gasteiger partial charge in [0.25, 0.3) is 0 Å². The molecular formula is C30H32N2O3. The third kappa shape index (κ3) is 5.57. The van der Waals surface area contributed by atoms with E-state index in [1.54, 1.807) is 19.0 Å². The highest BCUT2D eigenvalue weighted by molar-refractivity contribution is 6.02. The topological polar surface area (TPSA) is 57.7 Å². The Morgan fingerprint density at radius 2 is 1.20 bits per heavy atom. The molecule has 5 nitrogen and oxygen atoms in total. The number of piperidine rings is 1. The van der Waals surface area contributed by atoms with Crippen LogP contribution in [-0.2, 0) is 4.79 Å². The third-order valence-electron chi connectivity index (χ3n) is 6.89. The minimum absolute atomic E-state index is 0.00374. The minimum Gasteiger partial charge on any atom is -0.348 e. The highest BCUT2D eigenvalue weighted by Gasteiger charge is 2.45. The average Bonchev–Trinajstić information content (AvgIpc) is 2.89. The van der Waals surface area contributed by atoms with Crippen molar-refractivity contribution in [1.82, 2.24) is 9.80 Å². The molecular weight excluding hydrogens is 436 g/mol. The Kier molecular flexibility index (Phi) is 7.57. The van der Waals surface area contributed by atoms with Gasteiger partial charge in [0.2, 0.25) is 5.91 Å². The Bertz CT molecular complexity index is 1110. The molecule has 0 aromatic heterocycles. The summed E-state index contributed by atoms with van der Waals surface area (Å²) < 4.78 is 0. The van der Waals surface area contributed by atoms with Crippen LogP contribution >= 0.6 is 0 Å². The molecule has 0 bridgehead atoms. The molecule has 0 aliphatic carbocycles. The van der Waals surface area contributed by atoms with Crippen molar-refractivity contribution >= 4 is 17.5 Å². The Balaban J connectivity index is 1.80. The summed E-state index contributed by atoms with van der Waals surface area (Å²) in [7, 11) is 3.45. The van der Waals surface area contributed by atoms with Crippen LogP contribution in [0.3, 0.4) is 0 Å². The van der Waals surface area contributed by atoms with E-state index in [2.05, 4.69) is 0 Å². The third-order valence-corrected chi connectivity index (χ3v) is 6.89. The predicted octanol–water partition coefficient (Wildman–Crippen LogP) is 4.48. The standard InChI is InChI=1S/C30H32N2O3/c1-21-14-16-22(17-15-21)28-25(29(34)23-10-6-4-7-11-23)18-32(20-27(33)31(2)3)19-26(28)30(35)24-12-8-5-9-13-24/h4-17,25-26,28H,18-20H2,1-3H3/t25-,26-/m0/s1. The van der Waals surface area contributed by atoms with Gasteiger partial charge in [-0.25, -0.2) is 0 Å². The van der Waals surface area contributed by atoms with E-state index >= 15 is 0 Å². The molecule has 0 saturated carbocycles. The zero-order valence-electron chi connectivity index (χ0n) is 20.6. The number of carbonyl (C=O) groups is 3. The Morgan fingerprint density at radius 3 is 1.63 bits per heavy atom. The maximum Gasteiger partial charge on any atom is 0.236 e. The molecule has 1 saturated heterocycles. The molecule has 180 valence electrons. The normalized spacial score (nSPS) is 18.7. The highest BCUT2D eigenvalue weighted by atomic mass is 16.2. The number of amides is 1. The molecule has 3 aromatic carbocycles. The van der Waals surface area contributed by atoms with Gasteiger partial charge in [-0.1, -0.05) is 90.5 Å². The van der Waals surface area contributed by atoms with E-state index < -0.39 is 11.8 Å². The van der Waals surface area contributed by atoms with Crippen LogP contribution in [0.25, 0.3) is 0 Å². The first-order valence-electron chi connectivity index (χ1n) is 12.0. The van der Waals surface area contributed by atoms with Crippen molar-refractivity contribution < 1.29 is 14.4 Å². The second-order valence-corrected chi connectivity index (χ2v) is 9.59. The molecule has 0 unspecified atom stereocenters. The van der Waals surface area contributed by atoms with Crippen molar-refractivity contribution in [3.63, 3.8) is 0 Å². The van der Waals surface area contributed by atoms with Gasteiger partial charge < -0.3 is 4.90 Å². The maximum absolute atomic E-state index is 13.9. The molecule has 1 aliphatic heterocycles. The summed E-state index contributed by atoms with van der Waals surface area (Å²) in [5, 5.41) is 0. The van der Waals surface area contributed by atoms with E-state index in [-0.39, 0.29) is 29.9 Å². The molecule has 2 atom stereocenters. The van der Waals surface area contributed by atoms with Crippen LogP contribution in [0.2, 0.25) is 0 Å². The Labute approximate surface area is 207 Å². The molecule has 0 N–H and O–H groups in total. The lowest BCUT2D eigenvalue weighted by Gasteiger charge is -2.43. The van der Waals surface area contributed by atoms with E-state index in [1.165, 1.54) is 0 Å². The second-order valence-electron chi connectivity index (χ2n) is 9.59. The molecule has 0 spiro atoms. The molecule has 3 aromatic rings. The number of aryl methyl sites for hydroxylation is 1. The van der Waals surface area contributed by atoms with E-state index in [0.29, 0.717) is 24.2 Å². The van der Waals surface area contributed by atoms with Gasteiger partial charge in [-0.05, 0) is 12.5 Å². The van der Waals surface area contributed by atoms with Crippen molar-refractivity contribution in [2.24, 2.45) is 11.8 Å². The lowest BCUT2D eigenvalue weighted by molar-refractivity contribution is -0.130. The monoisotopic (exact) mass is 468 g/mol. The van der Waals surface area contributed by atoms with Crippen LogP contribution in [0.15, 0.2) is 84.9 Å². The van der Waals surface area contributed by atoms with Crippen molar-refractivity contribution in [2.45, 2.75) is 12.8 Å². The van der Waals surface area contributed by atoms with Gasteiger partial charge in [0, 0.05) is 56.1 Å². The summed E-state index contributed by atoms with van der Waals surface area (Å²) in [5.74, 6) is -1.24. The molecule has 1 aliphatic rings. The van der Waals surface area contributed by atoms with Crippen LogP contribution in [0.5, 0.6) is 0 Å². The van der Waals surface area contributed by atoms with Gasteiger partial charge in [-0.15, -0.1) is 0 Å². The summed E-state index contributed by atoms with van der Waals surface area (Å²) in [4.78, 5) is 43.9. The molecule has 5 heteroatoms. The predicted molar refractivity (Wildman–Crippen MR) is 138 cm³/mol. The van der Waals surface area contributed by atoms with Crippen LogP contribution in [0.4, 0.5) is 0 Å². The van der Waals surface area contributed by atoms with Gasteiger partial charge in [0.05, 0.1) is 6.54 Å². The number of rotatable bonds is 7. The number of hydrogen-bond donors (Lipinski definition) is 0. The Hall–Kier alpha value is -3.57. The van der Waals surface area contributed by atoms with E-state index in [9.17, 15) is 14.4 Å². The van der Waals surface area contributed by atoms with Gasteiger partial charge in [-0.2, -0.15) is 0 Å². The molecule has 35 heavy (non-hydrogen) atoms. The zero-order valence-corrected chi connectivity index (χ0v) is 20.6. The fourth-order valence-electron chi connectivity index (χ4n) is 4.98. The molecule has 1 heterocycles.